The summed E-state index contributed by atoms with van der Waals surface area (Å²) in [7, 11) is 0. The van der Waals surface area contributed by atoms with Crippen LogP contribution in [-0.4, -0.2) is 25.5 Å². The Labute approximate surface area is 133 Å². The van der Waals surface area contributed by atoms with Gasteiger partial charge in [-0.15, -0.1) is 0 Å². The van der Waals surface area contributed by atoms with Gasteiger partial charge < -0.3 is 5.11 Å². The molecule has 1 heterocycles. The molecule has 0 saturated heterocycles. The van der Waals surface area contributed by atoms with Crippen molar-refractivity contribution >= 4 is 15.9 Å². The molecular formula is C16H20BrN3O. The van der Waals surface area contributed by atoms with Gasteiger partial charge in [-0.05, 0) is 42.5 Å². The Kier molecular flexibility index (Phi) is 4.13. The molecule has 0 bridgehead atoms. The zero-order chi connectivity index (χ0) is 14.9. The summed E-state index contributed by atoms with van der Waals surface area (Å²) in [6.45, 7) is 2.98. The molecule has 0 fully saturated rings. The molecule has 0 amide bonds. The third-order valence-electron chi connectivity index (χ3n) is 4.17. The Balaban J connectivity index is 1.79. The van der Waals surface area contributed by atoms with Crippen LogP contribution in [0.1, 0.15) is 36.7 Å². The Bertz CT molecular complexity index is 640. The maximum atomic E-state index is 11.0. The second kappa shape index (κ2) is 5.89. The van der Waals surface area contributed by atoms with Gasteiger partial charge in [0.25, 0.3) is 0 Å². The topological polar surface area (TPSA) is 50.9 Å². The van der Waals surface area contributed by atoms with Crippen LogP contribution in [0.2, 0.25) is 0 Å². The minimum absolute atomic E-state index is 0.572. The highest BCUT2D eigenvalue weighted by molar-refractivity contribution is 9.10. The first-order valence-electron chi connectivity index (χ1n) is 7.46. The monoisotopic (exact) mass is 349 g/mol. The van der Waals surface area contributed by atoms with Gasteiger partial charge in [-0.1, -0.05) is 28.9 Å². The van der Waals surface area contributed by atoms with Crippen molar-refractivity contribution in [3.8, 4) is 0 Å². The Morgan fingerprint density at radius 1 is 1.38 bits per heavy atom. The molecule has 5 heteroatoms. The number of benzene rings is 1. The number of nitrogens with zero attached hydrogens (tertiary/aromatic N) is 3. The van der Waals surface area contributed by atoms with Crippen LogP contribution >= 0.6 is 15.9 Å². The predicted octanol–water partition coefficient (Wildman–Crippen LogP) is 2.91. The Morgan fingerprint density at radius 3 is 3.05 bits per heavy atom. The minimum Gasteiger partial charge on any atom is -0.389 e. The van der Waals surface area contributed by atoms with Gasteiger partial charge in [0.15, 0.2) is 0 Å². The van der Waals surface area contributed by atoms with Crippen molar-refractivity contribution in [3.63, 3.8) is 0 Å². The van der Waals surface area contributed by atoms with Gasteiger partial charge >= 0.3 is 0 Å². The van der Waals surface area contributed by atoms with Gasteiger partial charge in [-0.3, -0.25) is 4.68 Å². The quantitative estimate of drug-likeness (QED) is 0.923. The molecule has 2 aromatic rings. The number of hydrogen-bond donors (Lipinski definition) is 1. The lowest BCUT2D eigenvalue weighted by molar-refractivity contribution is 0.0238. The van der Waals surface area contributed by atoms with Crippen LogP contribution in [0.3, 0.4) is 0 Å². The maximum absolute atomic E-state index is 11.0. The molecule has 0 spiro atoms. The van der Waals surface area contributed by atoms with E-state index in [1.807, 2.05) is 10.7 Å². The van der Waals surface area contributed by atoms with Crippen LogP contribution in [0.25, 0.3) is 0 Å². The van der Waals surface area contributed by atoms with E-state index in [-0.39, 0.29) is 0 Å². The fourth-order valence-electron chi connectivity index (χ4n) is 3.08. The van der Waals surface area contributed by atoms with Crippen molar-refractivity contribution in [1.29, 1.82) is 0 Å². The number of fused-ring (bicyclic) bond motifs is 1. The molecule has 1 atom stereocenters. The molecule has 112 valence electrons. The van der Waals surface area contributed by atoms with Gasteiger partial charge in [-0.25, -0.2) is 4.98 Å². The molecule has 1 aromatic heterocycles. The summed E-state index contributed by atoms with van der Waals surface area (Å²) in [6.07, 6.45) is 5.55. The van der Waals surface area contributed by atoms with E-state index in [2.05, 4.69) is 45.1 Å². The number of rotatable bonds is 4. The Hall–Kier alpha value is -1.20. The van der Waals surface area contributed by atoms with Crippen LogP contribution in [0, 0.1) is 0 Å². The van der Waals surface area contributed by atoms with E-state index >= 15 is 0 Å². The normalized spacial score (nSPS) is 21.3. The lowest BCUT2D eigenvalue weighted by Gasteiger charge is -2.33. The number of halogens is 1. The smallest absolute Gasteiger partial charge is 0.138 e. The molecule has 21 heavy (non-hydrogen) atoms. The van der Waals surface area contributed by atoms with E-state index in [0.29, 0.717) is 12.8 Å². The molecule has 1 N–H and O–H groups in total. The van der Waals surface area contributed by atoms with Gasteiger partial charge in [-0.2, -0.15) is 5.10 Å². The summed E-state index contributed by atoms with van der Waals surface area (Å²) < 4.78 is 3.02. The minimum atomic E-state index is -0.709. The molecule has 4 nitrogen and oxygen atoms in total. The highest BCUT2D eigenvalue weighted by atomic mass is 79.9. The van der Waals surface area contributed by atoms with E-state index in [0.717, 1.165) is 36.1 Å². The van der Waals surface area contributed by atoms with Crippen LogP contribution in [0.4, 0.5) is 0 Å². The third-order valence-corrected chi connectivity index (χ3v) is 4.66. The van der Waals surface area contributed by atoms with E-state index in [1.54, 1.807) is 6.33 Å². The Morgan fingerprint density at radius 2 is 2.24 bits per heavy atom. The van der Waals surface area contributed by atoms with Crippen molar-refractivity contribution < 1.29 is 5.11 Å². The standard InChI is InChI=1S/C16H20BrN3O/c1-2-7-20-15(18-11-19-20)10-16(21)6-5-12-8-14(17)4-3-13(12)9-16/h3-4,8,11,21H,2,5-7,9-10H2,1H3. The third kappa shape index (κ3) is 3.19. The summed E-state index contributed by atoms with van der Waals surface area (Å²) in [5.74, 6) is 0.889. The van der Waals surface area contributed by atoms with Crippen molar-refractivity contribution in [2.45, 2.75) is 51.2 Å². The fraction of sp³-hybridized carbons (Fsp3) is 0.500. The SMILES string of the molecule is CCCn1ncnc1CC1(O)CCc2cc(Br)ccc2C1. The molecule has 0 radical (unpaired) electrons. The first-order chi connectivity index (χ1) is 10.1. The first kappa shape index (κ1) is 14.7. The van der Waals surface area contributed by atoms with Crippen molar-refractivity contribution in [2.75, 3.05) is 0 Å². The molecule has 0 aliphatic heterocycles. The molecule has 0 saturated carbocycles. The summed E-state index contributed by atoms with van der Waals surface area (Å²) in [4.78, 5) is 4.33. The highest BCUT2D eigenvalue weighted by Gasteiger charge is 2.33. The fourth-order valence-corrected chi connectivity index (χ4v) is 3.49. The van der Waals surface area contributed by atoms with E-state index in [4.69, 9.17) is 0 Å². The molecular weight excluding hydrogens is 330 g/mol. The number of aliphatic hydroxyl groups is 1. The summed E-state index contributed by atoms with van der Waals surface area (Å²) in [6, 6.07) is 6.32. The maximum Gasteiger partial charge on any atom is 0.138 e. The van der Waals surface area contributed by atoms with Crippen molar-refractivity contribution in [2.24, 2.45) is 0 Å². The lowest BCUT2D eigenvalue weighted by atomic mass is 9.78. The number of hydrogen-bond acceptors (Lipinski definition) is 3. The molecule has 1 aliphatic carbocycles. The lowest BCUT2D eigenvalue weighted by Crippen LogP contribution is -2.39. The molecule has 3 rings (SSSR count). The summed E-state index contributed by atoms with van der Waals surface area (Å²) in [5.41, 5.74) is 1.87. The van der Waals surface area contributed by atoms with Gasteiger partial charge in [0.05, 0.1) is 5.60 Å². The number of aromatic nitrogens is 3. The van der Waals surface area contributed by atoms with E-state index < -0.39 is 5.60 Å². The van der Waals surface area contributed by atoms with Crippen molar-refractivity contribution in [1.82, 2.24) is 14.8 Å². The van der Waals surface area contributed by atoms with E-state index in [1.165, 1.54) is 11.1 Å². The zero-order valence-corrected chi connectivity index (χ0v) is 13.8. The van der Waals surface area contributed by atoms with Crippen LogP contribution < -0.4 is 0 Å². The molecule has 1 unspecified atom stereocenters. The first-order valence-corrected chi connectivity index (χ1v) is 8.25. The average molecular weight is 350 g/mol. The largest absolute Gasteiger partial charge is 0.389 e. The van der Waals surface area contributed by atoms with Gasteiger partial charge in [0, 0.05) is 23.9 Å². The predicted molar refractivity (Wildman–Crippen MR) is 85.1 cm³/mol. The van der Waals surface area contributed by atoms with Crippen LogP contribution in [-0.2, 0) is 25.8 Å². The molecule has 1 aliphatic rings. The van der Waals surface area contributed by atoms with Crippen LogP contribution in [0.15, 0.2) is 29.0 Å². The second-order valence-corrected chi connectivity index (χ2v) is 6.81. The number of aryl methyl sites for hydroxylation is 2. The highest BCUT2D eigenvalue weighted by Crippen LogP contribution is 2.32. The molecule has 1 aromatic carbocycles. The zero-order valence-electron chi connectivity index (χ0n) is 12.2. The average Bonchev–Trinajstić information content (AvgIpc) is 2.87. The summed E-state index contributed by atoms with van der Waals surface area (Å²) in [5, 5.41) is 15.2. The van der Waals surface area contributed by atoms with E-state index in [9.17, 15) is 5.11 Å². The summed E-state index contributed by atoms with van der Waals surface area (Å²) >= 11 is 3.51. The van der Waals surface area contributed by atoms with Crippen LogP contribution in [0.5, 0.6) is 0 Å². The second-order valence-electron chi connectivity index (χ2n) is 5.89. The van der Waals surface area contributed by atoms with Crippen molar-refractivity contribution in [3.05, 3.63) is 46.0 Å². The van der Waals surface area contributed by atoms with Gasteiger partial charge in [0.1, 0.15) is 12.2 Å². The van der Waals surface area contributed by atoms with Gasteiger partial charge in [0.2, 0.25) is 0 Å².